The van der Waals surface area contributed by atoms with Crippen LogP contribution in [0.15, 0.2) is 18.2 Å². The van der Waals surface area contributed by atoms with Gasteiger partial charge in [-0.3, -0.25) is 4.90 Å². The molecule has 1 aliphatic heterocycles. The van der Waals surface area contributed by atoms with E-state index >= 15 is 0 Å². The molecule has 0 radical (unpaired) electrons. The third kappa shape index (κ3) is 5.01. The number of hydrogen-bond acceptors (Lipinski definition) is 8. The first kappa shape index (κ1) is 21.0. The van der Waals surface area contributed by atoms with E-state index in [1.54, 1.807) is 18.2 Å². The van der Waals surface area contributed by atoms with Crippen molar-refractivity contribution in [2.45, 2.75) is 13.0 Å². The summed E-state index contributed by atoms with van der Waals surface area (Å²) in [6.07, 6.45) is -0.484. The van der Waals surface area contributed by atoms with Crippen molar-refractivity contribution >= 4 is 35.0 Å². The van der Waals surface area contributed by atoms with Crippen LogP contribution in [0.25, 0.3) is 11.3 Å². The van der Waals surface area contributed by atoms with Gasteiger partial charge in [0, 0.05) is 44.9 Å². The molecule has 28 heavy (non-hydrogen) atoms. The maximum Gasteiger partial charge on any atom is 0.247 e. The van der Waals surface area contributed by atoms with Crippen molar-refractivity contribution in [3.63, 3.8) is 0 Å². The molecule has 3 rings (SSSR count). The number of aromatic nitrogens is 3. The molecule has 2 heterocycles. The highest BCUT2D eigenvalue weighted by molar-refractivity contribution is 6.43. The molecule has 10 heteroatoms. The van der Waals surface area contributed by atoms with E-state index in [9.17, 15) is 5.11 Å². The number of β-amino-alcohol motifs (C(OH)–C–C–N with tert-alkyl or cyclic N) is 1. The predicted octanol–water partition coefficient (Wildman–Crippen LogP) is 1.95. The lowest BCUT2D eigenvalue weighted by atomic mass is 10.1. The zero-order valence-electron chi connectivity index (χ0n) is 15.7. The third-order valence-corrected chi connectivity index (χ3v) is 5.37. The molecule has 2 aromatic rings. The number of rotatable bonds is 7. The average Bonchev–Trinajstić information content (AvgIpc) is 2.69. The number of anilines is 2. The fourth-order valence-corrected chi connectivity index (χ4v) is 3.47. The summed E-state index contributed by atoms with van der Waals surface area (Å²) in [4.78, 5) is 8.63. The highest BCUT2D eigenvalue weighted by Gasteiger charge is 2.22. The van der Waals surface area contributed by atoms with Crippen LogP contribution in [0.5, 0.6) is 0 Å². The van der Waals surface area contributed by atoms with Crippen molar-refractivity contribution in [2.24, 2.45) is 0 Å². The highest BCUT2D eigenvalue weighted by Crippen LogP contribution is 2.34. The molecule has 0 bridgehead atoms. The maximum absolute atomic E-state index is 9.98. The molecule has 1 aliphatic rings. The van der Waals surface area contributed by atoms with Gasteiger partial charge in [0.25, 0.3) is 0 Å². The fourth-order valence-electron chi connectivity index (χ4n) is 3.08. The van der Waals surface area contributed by atoms with E-state index in [0.29, 0.717) is 47.0 Å². The number of nitrogens with two attached hydrogens (primary N) is 1. The van der Waals surface area contributed by atoms with Crippen LogP contribution in [0.1, 0.15) is 6.92 Å². The van der Waals surface area contributed by atoms with Gasteiger partial charge >= 0.3 is 0 Å². The number of halogens is 2. The summed E-state index contributed by atoms with van der Waals surface area (Å²) < 4.78 is 5.26. The summed E-state index contributed by atoms with van der Waals surface area (Å²) in [7, 11) is 0. The van der Waals surface area contributed by atoms with Crippen molar-refractivity contribution < 1.29 is 9.84 Å². The van der Waals surface area contributed by atoms with Crippen LogP contribution in [0.3, 0.4) is 0 Å². The Bertz CT molecular complexity index is 802. The lowest BCUT2D eigenvalue weighted by Crippen LogP contribution is -2.49. The average molecular weight is 427 g/mol. The Balaban J connectivity index is 1.63. The second-order valence-corrected chi connectivity index (χ2v) is 7.33. The minimum absolute atomic E-state index is 0.253. The molecular weight excluding hydrogens is 403 g/mol. The van der Waals surface area contributed by atoms with Crippen LogP contribution >= 0.6 is 23.2 Å². The number of aliphatic hydroxyl groups is 1. The first-order valence-electron chi connectivity index (χ1n) is 9.17. The van der Waals surface area contributed by atoms with Gasteiger partial charge in [-0.2, -0.15) is 4.98 Å². The quantitative estimate of drug-likeness (QED) is 0.692. The monoisotopic (exact) mass is 426 g/mol. The van der Waals surface area contributed by atoms with Crippen LogP contribution in [0, 0.1) is 0 Å². The van der Waals surface area contributed by atoms with Gasteiger partial charge in [-0.1, -0.05) is 35.3 Å². The Labute approximate surface area is 174 Å². The SMILES string of the molecule is CCOC[C@H](O)CN1CCN(c2nnc(-c3cccc(Cl)c3Cl)c(N)n2)CC1. The number of ether oxygens (including phenoxy) is 1. The Morgan fingerprint density at radius 3 is 2.64 bits per heavy atom. The molecule has 152 valence electrons. The van der Waals surface area contributed by atoms with Gasteiger partial charge in [0.2, 0.25) is 5.95 Å². The Hall–Kier alpha value is -1.71. The molecule has 1 aromatic heterocycles. The summed E-state index contributed by atoms with van der Waals surface area (Å²) in [6.45, 7) is 6.47. The molecule has 3 N–H and O–H groups in total. The lowest BCUT2D eigenvalue weighted by molar-refractivity contribution is 0.0202. The van der Waals surface area contributed by atoms with Crippen molar-refractivity contribution in [3.05, 3.63) is 28.2 Å². The summed E-state index contributed by atoms with van der Waals surface area (Å²) in [6, 6.07) is 5.25. The minimum atomic E-state index is -0.484. The van der Waals surface area contributed by atoms with Crippen molar-refractivity contribution in [2.75, 3.05) is 56.6 Å². The summed E-state index contributed by atoms with van der Waals surface area (Å²) >= 11 is 12.3. The van der Waals surface area contributed by atoms with Gasteiger partial charge < -0.3 is 20.5 Å². The highest BCUT2D eigenvalue weighted by atomic mass is 35.5. The molecule has 0 unspecified atom stereocenters. The standard InChI is InChI=1S/C18H24Cl2N6O2/c1-2-28-11-12(27)10-25-6-8-26(9-7-25)18-22-17(21)16(23-24-18)13-4-3-5-14(19)15(13)20/h3-5,12,27H,2,6-11H2,1H3,(H2,21,22,24)/t12-/m1/s1. The van der Waals surface area contributed by atoms with Crippen LogP contribution in [-0.4, -0.2) is 77.2 Å². The molecule has 0 aliphatic carbocycles. The van der Waals surface area contributed by atoms with E-state index in [-0.39, 0.29) is 5.82 Å². The minimum Gasteiger partial charge on any atom is -0.389 e. The first-order valence-corrected chi connectivity index (χ1v) is 9.92. The Kier molecular flexibility index (Phi) is 7.25. The first-order chi connectivity index (χ1) is 13.5. The molecular formula is C18H24Cl2N6O2. The molecule has 1 atom stereocenters. The van der Waals surface area contributed by atoms with E-state index in [1.165, 1.54) is 0 Å². The largest absolute Gasteiger partial charge is 0.389 e. The molecule has 1 aromatic carbocycles. The van der Waals surface area contributed by atoms with E-state index in [1.807, 2.05) is 11.8 Å². The van der Waals surface area contributed by atoms with Gasteiger partial charge in [-0.15, -0.1) is 10.2 Å². The Morgan fingerprint density at radius 2 is 1.96 bits per heavy atom. The van der Waals surface area contributed by atoms with E-state index in [2.05, 4.69) is 20.1 Å². The van der Waals surface area contributed by atoms with Crippen LogP contribution in [0.2, 0.25) is 10.0 Å². The van der Waals surface area contributed by atoms with Crippen LogP contribution < -0.4 is 10.6 Å². The number of piperazine rings is 1. The Morgan fingerprint density at radius 1 is 1.21 bits per heavy atom. The molecule has 1 saturated heterocycles. The van der Waals surface area contributed by atoms with Crippen molar-refractivity contribution in [1.29, 1.82) is 0 Å². The fraction of sp³-hybridized carbons (Fsp3) is 0.500. The van der Waals surface area contributed by atoms with Crippen LogP contribution in [-0.2, 0) is 4.74 Å². The van der Waals surface area contributed by atoms with E-state index in [0.717, 1.165) is 26.2 Å². The second kappa shape index (κ2) is 9.67. The number of nitrogens with zero attached hydrogens (tertiary/aromatic N) is 5. The summed E-state index contributed by atoms with van der Waals surface area (Å²) in [5, 5.41) is 19.2. The molecule has 0 saturated carbocycles. The van der Waals surface area contributed by atoms with Gasteiger partial charge in [0.1, 0.15) is 5.69 Å². The van der Waals surface area contributed by atoms with Gasteiger partial charge in [-0.05, 0) is 13.0 Å². The zero-order valence-corrected chi connectivity index (χ0v) is 17.2. The topological polar surface area (TPSA) is 101 Å². The lowest BCUT2D eigenvalue weighted by Gasteiger charge is -2.35. The summed E-state index contributed by atoms with van der Waals surface area (Å²) in [5.41, 5.74) is 7.13. The predicted molar refractivity (Wildman–Crippen MR) is 111 cm³/mol. The van der Waals surface area contributed by atoms with E-state index in [4.69, 9.17) is 33.7 Å². The van der Waals surface area contributed by atoms with Gasteiger partial charge in [0.15, 0.2) is 5.82 Å². The molecule has 0 amide bonds. The number of aliphatic hydroxyl groups excluding tert-OH is 1. The van der Waals surface area contributed by atoms with Crippen molar-refractivity contribution in [1.82, 2.24) is 20.1 Å². The zero-order chi connectivity index (χ0) is 20.1. The third-order valence-electron chi connectivity index (χ3n) is 4.55. The normalized spacial score (nSPS) is 16.4. The number of hydrogen-bond donors (Lipinski definition) is 2. The number of benzene rings is 1. The molecule has 0 spiro atoms. The number of nitrogen functional groups attached to an aromatic ring is 1. The second-order valence-electron chi connectivity index (χ2n) is 6.55. The molecule has 1 fully saturated rings. The van der Waals surface area contributed by atoms with Crippen LogP contribution in [0.4, 0.5) is 11.8 Å². The van der Waals surface area contributed by atoms with E-state index < -0.39 is 6.10 Å². The van der Waals surface area contributed by atoms with Gasteiger partial charge in [-0.25, -0.2) is 0 Å². The maximum atomic E-state index is 9.98. The molecule has 8 nitrogen and oxygen atoms in total. The van der Waals surface area contributed by atoms with Crippen molar-refractivity contribution in [3.8, 4) is 11.3 Å². The smallest absolute Gasteiger partial charge is 0.247 e. The summed E-state index contributed by atoms with van der Waals surface area (Å²) in [5.74, 6) is 0.734. The van der Waals surface area contributed by atoms with Gasteiger partial charge in [0.05, 0.1) is 22.8 Å².